The lowest BCUT2D eigenvalue weighted by molar-refractivity contribution is -0.131. The number of carbonyl (C=O) groups excluding carboxylic acids is 2. The molecule has 35 heavy (non-hydrogen) atoms. The number of ketones is 1. The molecule has 0 bridgehead atoms. The number of aromatic nitrogens is 2. The summed E-state index contributed by atoms with van der Waals surface area (Å²) in [5, 5.41) is 0. The molecule has 0 spiro atoms. The second-order valence-corrected chi connectivity index (χ2v) is 9.74. The van der Waals surface area contributed by atoms with E-state index in [0.717, 1.165) is 33.3 Å². The van der Waals surface area contributed by atoms with Crippen LogP contribution in [0.3, 0.4) is 0 Å². The molecule has 1 fully saturated rings. The number of halogens is 1. The van der Waals surface area contributed by atoms with Gasteiger partial charge in [0.1, 0.15) is 0 Å². The highest BCUT2D eigenvalue weighted by molar-refractivity contribution is 9.10. The van der Waals surface area contributed by atoms with E-state index in [0.29, 0.717) is 31.6 Å². The average molecular weight is 528 g/mol. The summed E-state index contributed by atoms with van der Waals surface area (Å²) < 4.78 is 0.958. The van der Waals surface area contributed by atoms with E-state index in [4.69, 9.17) is 0 Å². The average Bonchev–Trinajstić information content (AvgIpc) is 3.58. The molecule has 6 heteroatoms. The molecule has 4 aromatic rings. The molecule has 5 rings (SSSR count). The van der Waals surface area contributed by atoms with Crippen molar-refractivity contribution in [1.29, 1.82) is 0 Å². The van der Waals surface area contributed by atoms with Crippen LogP contribution in [0.15, 0.2) is 89.5 Å². The molecule has 1 atom stereocenters. The second-order valence-electron chi connectivity index (χ2n) is 8.83. The molecule has 1 N–H and O–H groups in total. The van der Waals surface area contributed by atoms with E-state index in [1.54, 1.807) is 11.1 Å². The lowest BCUT2D eigenvalue weighted by atomic mass is 10.0. The minimum absolute atomic E-state index is 0.0201. The zero-order valence-corrected chi connectivity index (χ0v) is 20.9. The highest BCUT2D eigenvalue weighted by Gasteiger charge is 2.35. The topological polar surface area (TPSA) is 66.1 Å². The van der Waals surface area contributed by atoms with Crippen LogP contribution < -0.4 is 0 Å². The maximum absolute atomic E-state index is 13.2. The SMILES string of the molecule is O=C(c1ncc(-c2cccc(Br)c2)[nH]1)[C@@H]1CCCN1C(=O)CCc1ccc(-c2ccccc2)cc1. The van der Waals surface area contributed by atoms with Crippen molar-refractivity contribution in [3.8, 4) is 22.4 Å². The molecule has 1 amide bonds. The zero-order chi connectivity index (χ0) is 24.2. The fourth-order valence-corrected chi connectivity index (χ4v) is 5.03. The second kappa shape index (κ2) is 10.4. The summed E-state index contributed by atoms with van der Waals surface area (Å²) >= 11 is 3.47. The minimum Gasteiger partial charge on any atom is -0.335 e. The van der Waals surface area contributed by atoms with E-state index in [1.165, 1.54) is 5.56 Å². The number of nitrogens with one attached hydrogen (secondary N) is 1. The maximum Gasteiger partial charge on any atom is 0.223 e. The summed E-state index contributed by atoms with van der Waals surface area (Å²) in [7, 11) is 0. The lowest BCUT2D eigenvalue weighted by Gasteiger charge is -2.23. The normalized spacial score (nSPS) is 15.3. The highest BCUT2D eigenvalue weighted by atomic mass is 79.9. The van der Waals surface area contributed by atoms with Crippen molar-refractivity contribution in [1.82, 2.24) is 14.9 Å². The van der Waals surface area contributed by atoms with Crippen molar-refractivity contribution in [2.45, 2.75) is 31.7 Å². The first-order chi connectivity index (χ1) is 17.1. The summed E-state index contributed by atoms with van der Waals surface area (Å²) in [5.41, 5.74) is 5.18. The number of amides is 1. The van der Waals surface area contributed by atoms with Gasteiger partial charge in [0.25, 0.3) is 0 Å². The Morgan fingerprint density at radius 3 is 2.46 bits per heavy atom. The number of hydrogen-bond acceptors (Lipinski definition) is 3. The number of H-pyrrole nitrogens is 1. The summed E-state index contributed by atoms with van der Waals surface area (Å²) in [6.45, 7) is 0.612. The smallest absolute Gasteiger partial charge is 0.223 e. The molecule has 0 saturated carbocycles. The first-order valence-electron chi connectivity index (χ1n) is 11.9. The van der Waals surface area contributed by atoms with Gasteiger partial charge in [-0.15, -0.1) is 0 Å². The molecule has 1 aromatic heterocycles. The Morgan fingerprint density at radius 2 is 1.69 bits per heavy atom. The van der Waals surface area contributed by atoms with Crippen molar-refractivity contribution in [3.63, 3.8) is 0 Å². The molecule has 0 unspecified atom stereocenters. The van der Waals surface area contributed by atoms with Gasteiger partial charge in [-0.1, -0.05) is 82.7 Å². The molecule has 0 radical (unpaired) electrons. The van der Waals surface area contributed by atoms with Crippen molar-refractivity contribution >= 4 is 27.6 Å². The standard InChI is InChI=1S/C29H26BrN3O2/c30-24-9-4-8-23(18-24)25-19-31-29(32-25)28(35)26-10-5-17-33(26)27(34)16-13-20-11-14-22(15-12-20)21-6-2-1-3-7-21/h1-4,6-9,11-12,14-15,18-19,26H,5,10,13,16-17H2,(H,31,32)/t26-/m0/s1. The van der Waals surface area contributed by atoms with Crippen LogP contribution in [0.4, 0.5) is 0 Å². The molecule has 1 saturated heterocycles. The van der Waals surface area contributed by atoms with Crippen LogP contribution in [0.5, 0.6) is 0 Å². The molecule has 2 heterocycles. The van der Waals surface area contributed by atoms with Gasteiger partial charge in [0.2, 0.25) is 11.7 Å². The van der Waals surface area contributed by atoms with E-state index in [9.17, 15) is 9.59 Å². The monoisotopic (exact) mass is 527 g/mol. The lowest BCUT2D eigenvalue weighted by Crippen LogP contribution is -2.41. The van der Waals surface area contributed by atoms with Gasteiger partial charge in [-0.3, -0.25) is 9.59 Å². The molecule has 1 aliphatic rings. The van der Waals surface area contributed by atoms with Gasteiger partial charge in [0.15, 0.2) is 5.82 Å². The Balaban J connectivity index is 1.22. The number of hydrogen-bond donors (Lipinski definition) is 1. The fourth-order valence-electron chi connectivity index (χ4n) is 4.63. The van der Waals surface area contributed by atoms with Crippen LogP contribution in [-0.2, 0) is 11.2 Å². The zero-order valence-electron chi connectivity index (χ0n) is 19.3. The van der Waals surface area contributed by atoms with Gasteiger partial charge in [0.05, 0.1) is 17.9 Å². The molecule has 0 aliphatic carbocycles. The van der Waals surface area contributed by atoms with Crippen molar-refractivity contribution in [3.05, 3.63) is 101 Å². The van der Waals surface area contributed by atoms with E-state index in [-0.39, 0.29) is 11.7 Å². The number of rotatable bonds is 7. The molecule has 176 valence electrons. The van der Waals surface area contributed by atoms with E-state index >= 15 is 0 Å². The van der Waals surface area contributed by atoms with Gasteiger partial charge in [-0.05, 0) is 48.1 Å². The number of nitrogens with zero attached hydrogens (tertiary/aromatic N) is 2. The van der Waals surface area contributed by atoms with Crippen molar-refractivity contribution < 1.29 is 9.59 Å². The van der Waals surface area contributed by atoms with Crippen molar-refractivity contribution in [2.75, 3.05) is 6.54 Å². The summed E-state index contributed by atoms with van der Waals surface area (Å²) in [4.78, 5) is 35.5. The molecular weight excluding hydrogens is 502 g/mol. The van der Waals surface area contributed by atoms with E-state index in [2.05, 4.69) is 62.3 Å². The Kier molecular flexibility index (Phi) is 6.91. The van der Waals surface area contributed by atoms with Gasteiger partial charge in [-0.2, -0.15) is 0 Å². The molecule has 3 aromatic carbocycles. The number of imidazole rings is 1. The third-order valence-electron chi connectivity index (χ3n) is 6.51. The third-order valence-corrected chi connectivity index (χ3v) is 7.00. The maximum atomic E-state index is 13.2. The first-order valence-corrected chi connectivity index (χ1v) is 12.7. The predicted octanol–water partition coefficient (Wildman–Crippen LogP) is 6.31. The van der Waals surface area contributed by atoms with E-state index < -0.39 is 6.04 Å². The molecule has 5 nitrogen and oxygen atoms in total. The fraction of sp³-hybridized carbons (Fsp3) is 0.207. The highest BCUT2D eigenvalue weighted by Crippen LogP contribution is 2.25. The largest absolute Gasteiger partial charge is 0.335 e. The minimum atomic E-state index is -0.454. The van der Waals surface area contributed by atoms with Crippen LogP contribution in [0, 0.1) is 0 Å². The quantitative estimate of drug-likeness (QED) is 0.286. The summed E-state index contributed by atoms with van der Waals surface area (Å²) in [6, 6.07) is 26.0. The van der Waals surface area contributed by atoms with Gasteiger partial charge >= 0.3 is 0 Å². The number of benzene rings is 3. The summed E-state index contributed by atoms with van der Waals surface area (Å²) in [5.74, 6) is 0.206. The van der Waals surface area contributed by atoms with Crippen LogP contribution in [-0.4, -0.2) is 39.1 Å². The van der Waals surface area contributed by atoms with Gasteiger partial charge in [0, 0.05) is 23.0 Å². The Labute approximate surface area is 213 Å². The Hall–Kier alpha value is -3.51. The number of Topliss-reactive ketones (excluding diaryl/α,β-unsaturated/α-hetero) is 1. The summed E-state index contributed by atoms with van der Waals surface area (Å²) in [6.07, 6.45) is 4.21. The van der Waals surface area contributed by atoms with Gasteiger partial charge in [-0.25, -0.2) is 4.98 Å². The van der Waals surface area contributed by atoms with Crippen LogP contribution in [0.2, 0.25) is 0 Å². The van der Waals surface area contributed by atoms with Crippen LogP contribution >= 0.6 is 15.9 Å². The van der Waals surface area contributed by atoms with E-state index in [1.807, 2.05) is 42.5 Å². The molecule has 1 aliphatic heterocycles. The number of aryl methyl sites for hydroxylation is 1. The number of likely N-dealkylation sites (tertiary alicyclic amines) is 1. The van der Waals surface area contributed by atoms with Crippen LogP contribution in [0.1, 0.15) is 35.4 Å². The Bertz CT molecular complexity index is 1330. The van der Waals surface area contributed by atoms with Crippen LogP contribution in [0.25, 0.3) is 22.4 Å². The number of carbonyl (C=O) groups is 2. The number of aromatic amines is 1. The Morgan fingerprint density at radius 1 is 0.943 bits per heavy atom. The molecular formula is C29H26BrN3O2. The predicted molar refractivity (Wildman–Crippen MR) is 141 cm³/mol. The van der Waals surface area contributed by atoms with Gasteiger partial charge < -0.3 is 9.88 Å². The third kappa shape index (κ3) is 5.28. The first kappa shape index (κ1) is 23.2. The van der Waals surface area contributed by atoms with Crippen molar-refractivity contribution in [2.24, 2.45) is 0 Å².